The third-order valence-electron chi connectivity index (χ3n) is 4.83. The van der Waals surface area contributed by atoms with Gasteiger partial charge >= 0.3 is 0 Å². The maximum Gasteiger partial charge on any atom is 0.129 e. The smallest absolute Gasteiger partial charge is 0.129 e. The standard InChI is InChI=1S/C16H25N3/c1-12(17)14-8-9-18-16(11-14)19-10-4-6-13-5-2-3-7-15(13)19/h8-9,11-13,15H,2-7,10,17H2,1H3/t12-,13+,15+/m0/s1. The summed E-state index contributed by atoms with van der Waals surface area (Å²) in [5.74, 6) is 2.04. The molecule has 3 nitrogen and oxygen atoms in total. The second kappa shape index (κ2) is 5.49. The average molecular weight is 259 g/mol. The summed E-state index contributed by atoms with van der Waals surface area (Å²) >= 11 is 0. The van der Waals surface area contributed by atoms with E-state index in [0.717, 1.165) is 24.3 Å². The van der Waals surface area contributed by atoms with Crippen molar-refractivity contribution < 1.29 is 0 Å². The van der Waals surface area contributed by atoms with Crippen LogP contribution in [0.3, 0.4) is 0 Å². The van der Waals surface area contributed by atoms with Gasteiger partial charge in [0.05, 0.1) is 0 Å². The molecule has 0 amide bonds. The molecule has 2 fully saturated rings. The maximum atomic E-state index is 6.00. The molecule has 2 N–H and O–H groups in total. The van der Waals surface area contributed by atoms with Crippen molar-refractivity contribution in [3.05, 3.63) is 23.9 Å². The van der Waals surface area contributed by atoms with Gasteiger partial charge in [-0.2, -0.15) is 0 Å². The minimum absolute atomic E-state index is 0.0914. The van der Waals surface area contributed by atoms with Crippen LogP contribution < -0.4 is 10.6 Å². The lowest BCUT2D eigenvalue weighted by atomic mass is 9.78. The van der Waals surface area contributed by atoms with Gasteiger partial charge in [-0.25, -0.2) is 4.98 Å². The highest BCUT2D eigenvalue weighted by Gasteiger charge is 2.33. The average Bonchev–Trinajstić information content (AvgIpc) is 2.47. The van der Waals surface area contributed by atoms with Crippen LogP contribution in [0.25, 0.3) is 0 Å². The highest BCUT2D eigenvalue weighted by Crippen LogP contribution is 2.37. The highest BCUT2D eigenvalue weighted by molar-refractivity contribution is 5.43. The van der Waals surface area contributed by atoms with Crippen molar-refractivity contribution in [3.8, 4) is 0 Å². The fourth-order valence-corrected chi connectivity index (χ4v) is 3.78. The number of hydrogen-bond donors (Lipinski definition) is 1. The number of hydrogen-bond acceptors (Lipinski definition) is 3. The van der Waals surface area contributed by atoms with Gasteiger partial charge in [0, 0.05) is 24.8 Å². The van der Waals surface area contributed by atoms with Crippen molar-refractivity contribution >= 4 is 5.82 Å². The Balaban J connectivity index is 1.85. The fraction of sp³-hybridized carbons (Fsp3) is 0.688. The summed E-state index contributed by atoms with van der Waals surface area (Å²) in [6.45, 7) is 3.20. The van der Waals surface area contributed by atoms with Crippen LogP contribution in [0.2, 0.25) is 0 Å². The first-order valence-corrected chi connectivity index (χ1v) is 7.74. The molecule has 1 aromatic rings. The lowest BCUT2D eigenvalue weighted by Crippen LogP contribution is -2.47. The van der Waals surface area contributed by atoms with Gasteiger partial charge in [0.25, 0.3) is 0 Å². The number of nitrogens with two attached hydrogens (primary N) is 1. The minimum atomic E-state index is 0.0914. The van der Waals surface area contributed by atoms with E-state index >= 15 is 0 Å². The first-order chi connectivity index (χ1) is 9.25. The van der Waals surface area contributed by atoms with E-state index in [1.807, 2.05) is 19.2 Å². The van der Waals surface area contributed by atoms with Crippen molar-refractivity contribution in [1.82, 2.24) is 4.98 Å². The third kappa shape index (κ3) is 2.62. The predicted octanol–water partition coefficient (Wildman–Crippen LogP) is 3.26. The van der Waals surface area contributed by atoms with Gasteiger partial charge in [0.2, 0.25) is 0 Å². The van der Waals surface area contributed by atoms with Gasteiger partial charge in [0.15, 0.2) is 0 Å². The van der Waals surface area contributed by atoms with Crippen LogP contribution in [-0.2, 0) is 0 Å². The zero-order valence-electron chi connectivity index (χ0n) is 11.9. The zero-order chi connectivity index (χ0) is 13.2. The Morgan fingerprint density at radius 3 is 2.89 bits per heavy atom. The molecule has 104 valence electrons. The molecule has 0 bridgehead atoms. The van der Waals surface area contributed by atoms with Gasteiger partial charge < -0.3 is 10.6 Å². The summed E-state index contributed by atoms with van der Waals surface area (Å²) in [5.41, 5.74) is 7.19. The Labute approximate surface area is 116 Å². The second-order valence-corrected chi connectivity index (χ2v) is 6.18. The van der Waals surface area contributed by atoms with Crippen LogP contribution in [0.5, 0.6) is 0 Å². The first kappa shape index (κ1) is 12.9. The van der Waals surface area contributed by atoms with Crippen LogP contribution >= 0.6 is 0 Å². The van der Waals surface area contributed by atoms with E-state index < -0.39 is 0 Å². The minimum Gasteiger partial charge on any atom is -0.353 e. The molecule has 1 aliphatic heterocycles. The summed E-state index contributed by atoms with van der Waals surface area (Å²) in [7, 11) is 0. The molecule has 0 aromatic carbocycles. The van der Waals surface area contributed by atoms with E-state index in [4.69, 9.17) is 5.73 Å². The highest BCUT2D eigenvalue weighted by atomic mass is 15.2. The Hall–Kier alpha value is -1.09. The van der Waals surface area contributed by atoms with Crippen molar-refractivity contribution in [2.45, 2.75) is 57.5 Å². The number of rotatable bonds is 2. The van der Waals surface area contributed by atoms with Crippen molar-refractivity contribution in [2.75, 3.05) is 11.4 Å². The maximum absolute atomic E-state index is 6.00. The van der Waals surface area contributed by atoms with Crippen LogP contribution in [0, 0.1) is 5.92 Å². The summed E-state index contributed by atoms with van der Waals surface area (Å²) in [6, 6.07) is 5.05. The number of piperidine rings is 1. The quantitative estimate of drug-likeness (QED) is 0.886. The predicted molar refractivity (Wildman–Crippen MR) is 79.2 cm³/mol. The summed E-state index contributed by atoms with van der Waals surface area (Å²) < 4.78 is 0. The molecule has 2 heterocycles. The van der Waals surface area contributed by atoms with Crippen LogP contribution in [0.1, 0.15) is 57.1 Å². The van der Waals surface area contributed by atoms with Gasteiger partial charge in [0.1, 0.15) is 5.82 Å². The lowest BCUT2D eigenvalue weighted by molar-refractivity contribution is 0.242. The van der Waals surface area contributed by atoms with Crippen LogP contribution in [0.4, 0.5) is 5.82 Å². The van der Waals surface area contributed by atoms with E-state index in [1.165, 1.54) is 44.1 Å². The molecule has 3 rings (SSSR count). The van der Waals surface area contributed by atoms with Crippen molar-refractivity contribution in [3.63, 3.8) is 0 Å². The molecule has 0 spiro atoms. The molecule has 19 heavy (non-hydrogen) atoms. The topological polar surface area (TPSA) is 42.1 Å². The molecule has 0 radical (unpaired) electrons. The zero-order valence-corrected chi connectivity index (χ0v) is 11.9. The molecule has 3 heteroatoms. The van der Waals surface area contributed by atoms with E-state index in [9.17, 15) is 0 Å². The summed E-state index contributed by atoms with van der Waals surface area (Å²) in [6.07, 6.45) is 10.2. The Bertz CT molecular complexity index is 428. The van der Waals surface area contributed by atoms with Crippen LogP contribution in [-0.4, -0.2) is 17.6 Å². The molecule has 1 aliphatic carbocycles. The number of fused-ring (bicyclic) bond motifs is 1. The molecule has 2 aliphatic rings. The molecule has 0 unspecified atom stereocenters. The molecule has 1 aromatic heterocycles. The van der Waals surface area contributed by atoms with Crippen LogP contribution in [0.15, 0.2) is 18.3 Å². The monoisotopic (exact) mass is 259 g/mol. The summed E-state index contributed by atoms with van der Waals surface area (Å²) in [5, 5.41) is 0. The lowest BCUT2D eigenvalue weighted by Gasteiger charge is -2.45. The molecule has 1 saturated heterocycles. The number of aromatic nitrogens is 1. The van der Waals surface area contributed by atoms with E-state index in [0.29, 0.717) is 0 Å². The van der Waals surface area contributed by atoms with E-state index in [1.54, 1.807) is 0 Å². The Kier molecular flexibility index (Phi) is 3.74. The van der Waals surface area contributed by atoms with E-state index in [-0.39, 0.29) is 6.04 Å². The van der Waals surface area contributed by atoms with E-state index in [2.05, 4.69) is 16.0 Å². The SMILES string of the molecule is C[C@H](N)c1ccnc(N2CCC[C@H]3CCCC[C@H]32)c1. The Morgan fingerprint density at radius 2 is 2.05 bits per heavy atom. The normalized spacial score (nSPS) is 28.8. The largest absolute Gasteiger partial charge is 0.353 e. The first-order valence-electron chi connectivity index (χ1n) is 7.74. The van der Waals surface area contributed by atoms with Crippen molar-refractivity contribution in [2.24, 2.45) is 11.7 Å². The fourth-order valence-electron chi connectivity index (χ4n) is 3.78. The van der Waals surface area contributed by atoms with Gasteiger partial charge in [-0.15, -0.1) is 0 Å². The third-order valence-corrected chi connectivity index (χ3v) is 4.83. The van der Waals surface area contributed by atoms with Gasteiger partial charge in [-0.05, 0) is 56.2 Å². The Morgan fingerprint density at radius 1 is 1.26 bits per heavy atom. The van der Waals surface area contributed by atoms with Crippen molar-refractivity contribution in [1.29, 1.82) is 0 Å². The second-order valence-electron chi connectivity index (χ2n) is 6.18. The number of nitrogens with zero attached hydrogens (tertiary/aromatic N) is 2. The van der Waals surface area contributed by atoms with Gasteiger partial charge in [-0.1, -0.05) is 12.8 Å². The number of anilines is 1. The molecular weight excluding hydrogens is 234 g/mol. The van der Waals surface area contributed by atoms with Gasteiger partial charge in [-0.3, -0.25) is 0 Å². The number of pyridine rings is 1. The summed E-state index contributed by atoms with van der Waals surface area (Å²) in [4.78, 5) is 7.16. The molecule has 3 atom stereocenters. The molecular formula is C16H25N3. The molecule has 1 saturated carbocycles.